The summed E-state index contributed by atoms with van der Waals surface area (Å²) in [6.07, 6.45) is 58.7. The summed E-state index contributed by atoms with van der Waals surface area (Å²) >= 11 is 0. The van der Waals surface area contributed by atoms with Crippen molar-refractivity contribution in [2.75, 3.05) is 13.2 Å². The minimum atomic E-state index is -1.57. The number of hydrogen-bond donors (Lipinski definition) is 6. The van der Waals surface area contributed by atoms with Gasteiger partial charge in [-0.3, -0.25) is 4.79 Å². The highest BCUT2D eigenvalue weighted by molar-refractivity contribution is 5.76. The molecule has 1 saturated heterocycles. The van der Waals surface area contributed by atoms with E-state index in [0.717, 1.165) is 64.2 Å². The van der Waals surface area contributed by atoms with Crippen LogP contribution in [-0.2, 0) is 14.3 Å². The van der Waals surface area contributed by atoms with E-state index in [2.05, 4.69) is 67.8 Å². The quantitative estimate of drug-likeness (QED) is 0.0261. The Bertz CT molecular complexity index is 1250. The molecule has 1 aliphatic rings. The Hall–Kier alpha value is -2.11. The molecule has 0 aromatic heterocycles. The molecule has 0 aromatic carbocycles. The monoisotopic (exact) mass is 958 g/mol. The van der Waals surface area contributed by atoms with Crippen LogP contribution in [0.4, 0.5) is 0 Å². The zero-order valence-electron chi connectivity index (χ0n) is 43.9. The maximum Gasteiger partial charge on any atom is 0.220 e. The van der Waals surface area contributed by atoms with E-state index in [0.29, 0.717) is 6.42 Å². The second-order valence-corrected chi connectivity index (χ2v) is 19.7. The molecule has 0 aliphatic carbocycles. The molecule has 7 atom stereocenters. The molecular formula is C59H107NO8. The second kappa shape index (κ2) is 48.5. The third-order valence-corrected chi connectivity index (χ3v) is 13.3. The van der Waals surface area contributed by atoms with Gasteiger partial charge in [-0.1, -0.05) is 248 Å². The Morgan fingerprint density at radius 1 is 0.515 bits per heavy atom. The molecular weight excluding hydrogens is 851 g/mol. The van der Waals surface area contributed by atoms with Crippen molar-refractivity contribution >= 4 is 5.91 Å². The minimum absolute atomic E-state index is 0.176. The Balaban J connectivity index is 2.10. The molecule has 0 spiro atoms. The average molecular weight is 959 g/mol. The van der Waals surface area contributed by atoms with E-state index in [4.69, 9.17) is 9.47 Å². The number of amides is 1. The summed E-state index contributed by atoms with van der Waals surface area (Å²) in [4.78, 5) is 13.0. The lowest BCUT2D eigenvalue weighted by Crippen LogP contribution is -2.60. The maximum atomic E-state index is 13.0. The third kappa shape index (κ3) is 37.7. The molecule has 1 fully saturated rings. The fourth-order valence-electron chi connectivity index (χ4n) is 8.85. The largest absolute Gasteiger partial charge is 0.394 e. The van der Waals surface area contributed by atoms with Crippen molar-refractivity contribution in [1.82, 2.24) is 5.32 Å². The molecule has 0 bridgehead atoms. The van der Waals surface area contributed by atoms with E-state index in [1.165, 1.54) is 167 Å². The topological polar surface area (TPSA) is 149 Å². The third-order valence-electron chi connectivity index (χ3n) is 13.3. The van der Waals surface area contributed by atoms with Gasteiger partial charge in [0.1, 0.15) is 24.4 Å². The van der Waals surface area contributed by atoms with Crippen LogP contribution in [0, 0.1) is 0 Å². The number of carbonyl (C=O) groups excluding carboxylic acids is 1. The Morgan fingerprint density at radius 2 is 0.912 bits per heavy atom. The first kappa shape index (κ1) is 63.9. The predicted octanol–water partition coefficient (Wildman–Crippen LogP) is 13.9. The van der Waals surface area contributed by atoms with Crippen molar-refractivity contribution < 1.29 is 39.8 Å². The van der Waals surface area contributed by atoms with Gasteiger partial charge in [-0.25, -0.2) is 0 Å². The van der Waals surface area contributed by atoms with Gasteiger partial charge in [0.15, 0.2) is 6.29 Å². The first-order valence-electron chi connectivity index (χ1n) is 28.5. The molecule has 1 aliphatic heterocycles. The van der Waals surface area contributed by atoms with Crippen LogP contribution in [0.5, 0.6) is 0 Å². The number of rotatable bonds is 48. The van der Waals surface area contributed by atoms with Crippen LogP contribution in [-0.4, -0.2) is 87.5 Å². The molecule has 0 radical (unpaired) electrons. The van der Waals surface area contributed by atoms with Gasteiger partial charge in [0.2, 0.25) is 5.91 Å². The summed E-state index contributed by atoms with van der Waals surface area (Å²) in [5.41, 5.74) is 0. The number of hydrogen-bond acceptors (Lipinski definition) is 8. The standard InChI is InChI=1S/C59H107NO8/c1-3-5-7-9-11-13-15-17-18-19-20-21-22-23-24-25-26-27-28-29-30-31-32-33-34-35-36-37-39-41-43-45-47-49-55(63)60-52(51-67-59-58(66)57(65)56(64)54(50-61)68-59)53(62)48-46-44-42-40-38-16-14-12-10-8-6-4-2/h5,7,11,13,17-18,20-21,46,48,52-54,56-59,61-62,64-66H,3-4,6,8-10,12,14-16,19,22-45,47,49-51H2,1-2H3,(H,60,63)/b7-5-,13-11-,18-17-,21-20-,48-46+. The van der Waals surface area contributed by atoms with Gasteiger partial charge in [0.05, 0.1) is 25.4 Å². The molecule has 0 saturated carbocycles. The van der Waals surface area contributed by atoms with Crippen LogP contribution < -0.4 is 5.32 Å². The zero-order chi connectivity index (χ0) is 49.4. The van der Waals surface area contributed by atoms with Crippen molar-refractivity contribution in [3.8, 4) is 0 Å². The normalized spacial score (nSPS) is 20.0. The van der Waals surface area contributed by atoms with E-state index in [1.807, 2.05) is 6.08 Å². The van der Waals surface area contributed by atoms with Crippen LogP contribution in [0.2, 0.25) is 0 Å². The second-order valence-electron chi connectivity index (χ2n) is 19.7. The Labute approximate surface area is 417 Å². The number of nitrogens with one attached hydrogen (secondary N) is 1. The van der Waals surface area contributed by atoms with E-state index in [1.54, 1.807) is 6.08 Å². The number of allylic oxidation sites excluding steroid dienone is 9. The fourth-order valence-corrected chi connectivity index (χ4v) is 8.85. The Morgan fingerprint density at radius 3 is 1.35 bits per heavy atom. The van der Waals surface area contributed by atoms with Crippen LogP contribution in [0.3, 0.4) is 0 Å². The van der Waals surface area contributed by atoms with Crippen LogP contribution in [0.1, 0.15) is 251 Å². The first-order chi connectivity index (χ1) is 33.3. The van der Waals surface area contributed by atoms with Gasteiger partial charge in [0.25, 0.3) is 0 Å². The van der Waals surface area contributed by atoms with Crippen LogP contribution in [0.25, 0.3) is 0 Å². The van der Waals surface area contributed by atoms with Gasteiger partial charge in [-0.2, -0.15) is 0 Å². The number of ether oxygens (including phenoxy) is 2. The number of aliphatic hydroxyl groups excluding tert-OH is 5. The fraction of sp³-hybridized carbons (Fsp3) is 0.814. The highest BCUT2D eigenvalue weighted by Gasteiger charge is 2.44. The van der Waals surface area contributed by atoms with Crippen molar-refractivity contribution in [2.45, 2.75) is 294 Å². The smallest absolute Gasteiger partial charge is 0.220 e. The molecule has 9 heteroatoms. The maximum absolute atomic E-state index is 13.0. The lowest BCUT2D eigenvalue weighted by molar-refractivity contribution is -0.302. The molecule has 396 valence electrons. The van der Waals surface area contributed by atoms with Gasteiger partial charge < -0.3 is 40.3 Å². The van der Waals surface area contributed by atoms with Crippen molar-refractivity contribution in [3.63, 3.8) is 0 Å². The van der Waals surface area contributed by atoms with E-state index in [-0.39, 0.29) is 12.5 Å². The van der Waals surface area contributed by atoms with Gasteiger partial charge in [0, 0.05) is 6.42 Å². The highest BCUT2D eigenvalue weighted by atomic mass is 16.7. The van der Waals surface area contributed by atoms with Gasteiger partial charge in [-0.15, -0.1) is 0 Å². The Kier molecular flexibility index (Phi) is 45.6. The van der Waals surface area contributed by atoms with Crippen molar-refractivity contribution in [2.24, 2.45) is 0 Å². The predicted molar refractivity (Wildman–Crippen MR) is 286 cm³/mol. The lowest BCUT2D eigenvalue weighted by atomic mass is 9.99. The van der Waals surface area contributed by atoms with E-state index < -0.39 is 49.5 Å². The summed E-state index contributed by atoms with van der Waals surface area (Å²) < 4.78 is 11.2. The minimum Gasteiger partial charge on any atom is -0.394 e. The molecule has 7 unspecified atom stereocenters. The summed E-state index contributed by atoms with van der Waals surface area (Å²) in [7, 11) is 0. The van der Waals surface area contributed by atoms with E-state index in [9.17, 15) is 30.3 Å². The molecule has 1 amide bonds. The van der Waals surface area contributed by atoms with Crippen molar-refractivity contribution in [1.29, 1.82) is 0 Å². The SMILES string of the molecule is CC/C=C\C/C=C\C/C=C\C/C=C\CCCCCCCCCCCCCCCCCCCCCCC(=O)NC(COC1OC(CO)C(O)C(O)C1O)C(O)/C=C/CCCCCCCCCCCC. The molecule has 0 aromatic rings. The first-order valence-corrected chi connectivity index (χ1v) is 28.5. The molecule has 6 N–H and O–H groups in total. The molecule has 68 heavy (non-hydrogen) atoms. The lowest BCUT2D eigenvalue weighted by Gasteiger charge is -2.40. The van der Waals surface area contributed by atoms with Crippen molar-refractivity contribution in [3.05, 3.63) is 60.8 Å². The molecule has 9 nitrogen and oxygen atoms in total. The number of aliphatic hydroxyl groups is 5. The van der Waals surface area contributed by atoms with Gasteiger partial charge in [-0.05, 0) is 57.8 Å². The summed E-state index contributed by atoms with van der Waals surface area (Å²) in [6.45, 7) is 3.66. The van der Waals surface area contributed by atoms with Gasteiger partial charge >= 0.3 is 0 Å². The van der Waals surface area contributed by atoms with E-state index >= 15 is 0 Å². The molecule has 1 rings (SSSR count). The highest BCUT2D eigenvalue weighted by Crippen LogP contribution is 2.23. The number of carbonyl (C=O) groups is 1. The number of unbranched alkanes of at least 4 members (excludes halogenated alkanes) is 30. The average Bonchev–Trinajstić information content (AvgIpc) is 3.34. The zero-order valence-corrected chi connectivity index (χ0v) is 43.9. The van der Waals surface area contributed by atoms with Crippen LogP contribution in [0.15, 0.2) is 60.8 Å². The van der Waals surface area contributed by atoms with Crippen LogP contribution >= 0.6 is 0 Å². The molecule has 1 heterocycles. The summed E-state index contributed by atoms with van der Waals surface area (Å²) in [5, 5.41) is 54.3. The summed E-state index contributed by atoms with van der Waals surface area (Å²) in [5.74, 6) is -0.176. The summed E-state index contributed by atoms with van der Waals surface area (Å²) in [6, 6.07) is -0.803.